The topological polar surface area (TPSA) is 229 Å². The summed E-state index contributed by atoms with van der Waals surface area (Å²) >= 11 is 0. The average molecular weight is 1130 g/mol. The van der Waals surface area contributed by atoms with E-state index in [1.807, 2.05) is 97.0 Å². The first-order chi connectivity index (χ1) is 38.7. The summed E-state index contributed by atoms with van der Waals surface area (Å²) in [6.07, 6.45) is -0.496. The molecule has 0 spiro atoms. The van der Waals surface area contributed by atoms with Crippen LogP contribution >= 0.6 is 0 Å². The summed E-state index contributed by atoms with van der Waals surface area (Å²) in [6.45, 7) is 31.3. The molecule has 19 nitrogen and oxygen atoms in total. The van der Waals surface area contributed by atoms with E-state index in [-0.39, 0.29) is 74.5 Å². The van der Waals surface area contributed by atoms with Gasteiger partial charge in [-0.3, -0.25) is 10.1 Å². The fourth-order valence-corrected chi connectivity index (χ4v) is 9.81. The minimum atomic E-state index is -0.967. The number of anilines is 3. The van der Waals surface area contributed by atoms with E-state index < -0.39 is 16.7 Å². The van der Waals surface area contributed by atoms with E-state index in [2.05, 4.69) is 62.3 Å². The molecule has 7 aromatic rings. The van der Waals surface area contributed by atoms with Crippen LogP contribution in [0.1, 0.15) is 110 Å². The third-order valence-electron chi connectivity index (χ3n) is 14.3. The number of carbonyl (C=O) groups excluding carboxylic acids is 2. The lowest BCUT2D eigenvalue weighted by Crippen LogP contribution is -2.42. The summed E-state index contributed by atoms with van der Waals surface area (Å²) in [5.74, 6) is 0.117. The summed E-state index contributed by atoms with van der Waals surface area (Å²) in [4.78, 5) is 79.7. The van der Waals surface area contributed by atoms with Crippen molar-refractivity contribution < 1.29 is 47.1 Å². The average Bonchev–Trinajstić information content (AvgIpc) is 3.45. The highest BCUT2D eigenvalue weighted by molar-refractivity contribution is 5.86. The van der Waals surface area contributed by atoms with Crippen molar-refractivity contribution in [3.63, 3.8) is 0 Å². The van der Waals surface area contributed by atoms with Crippen molar-refractivity contribution in [2.24, 2.45) is 0 Å². The Balaban J connectivity index is 0.000000269. The molecule has 0 bridgehead atoms. The van der Waals surface area contributed by atoms with Crippen LogP contribution in [0, 0.1) is 30.9 Å². The van der Waals surface area contributed by atoms with Gasteiger partial charge in [-0.1, -0.05) is 7.43 Å². The second-order valence-corrected chi connectivity index (χ2v) is 19.7. The van der Waals surface area contributed by atoms with Gasteiger partial charge in [-0.2, -0.15) is 0 Å². The van der Waals surface area contributed by atoms with Gasteiger partial charge in [-0.25, -0.2) is 24.0 Å². The van der Waals surface area contributed by atoms with Crippen molar-refractivity contribution in [3.8, 4) is 5.75 Å². The van der Waals surface area contributed by atoms with Gasteiger partial charge >= 0.3 is 29.1 Å². The smallest absolute Gasteiger partial charge is 0.449 e. The monoisotopic (exact) mass is 1130 g/mol. The van der Waals surface area contributed by atoms with Crippen LogP contribution in [-0.4, -0.2) is 98.4 Å². The van der Waals surface area contributed by atoms with Crippen LogP contribution in [0.3, 0.4) is 0 Å². The van der Waals surface area contributed by atoms with Gasteiger partial charge in [-0.15, -0.1) is 0 Å². The number of carbonyl (C=O) groups is 2. The van der Waals surface area contributed by atoms with Crippen molar-refractivity contribution in [3.05, 3.63) is 154 Å². The molecule has 4 aromatic carbocycles. The van der Waals surface area contributed by atoms with Crippen LogP contribution in [0.4, 0.5) is 32.3 Å². The molecule has 1 N–H and O–H groups in total. The van der Waals surface area contributed by atoms with Gasteiger partial charge in [-0.05, 0) is 155 Å². The van der Waals surface area contributed by atoms with Gasteiger partial charge in [0.25, 0.3) is 5.69 Å². The predicted octanol–water partition coefficient (Wildman–Crippen LogP) is 12.5. The molecule has 0 aliphatic rings. The Bertz CT molecular complexity index is 3440. The second kappa shape index (κ2) is 31.1. The lowest BCUT2D eigenvalue weighted by atomic mass is 10.0. The molecule has 444 valence electrons. The number of amides is 1. The van der Waals surface area contributed by atoms with Crippen molar-refractivity contribution in [1.29, 1.82) is 0 Å². The normalized spacial score (nSPS) is 10.9. The third-order valence-corrected chi connectivity index (χ3v) is 14.3. The van der Waals surface area contributed by atoms with E-state index in [1.165, 1.54) is 24.3 Å². The zero-order chi connectivity index (χ0) is 59.7. The molecule has 3 aromatic heterocycles. The van der Waals surface area contributed by atoms with Crippen molar-refractivity contribution in [2.75, 3.05) is 73.8 Å². The zero-order valence-corrected chi connectivity index (χ0v) is 49.1. The summed E-state index contributed by atoms with van der Waals surface area (Å²) in [5.41, 5.74) is 7.58. The zero-order valence-electron chi connectivity index (χ0n) is 49.1. The number of aliphatic hydroxyl groups is 1. The Morgan fingerprint density at radius 2 is 0.890 bits per heavy atom. The van der Waals surface area contributed by atoms with Gasteiger partial charge < -0.3 is 52.2 Å². The van der Waals surface area contributed by atoms with Gasteiger partial charge in [0.05, 0.1) is 18.1 Å². The number of benzene rings is 4. The first-order valence-electron chi connectivity index (χ1n) is 27.8. The Hall–Kier alpha value is -8.19. The standard InChI is InChI=1S/C23H24N2O7.C23H34N2O4.C16H21NO3.CH4/c1-4-24(5-2)17-8-11-19-15(3)20(22(26)32-21(19)14-17)12-13-30-23(27)31-18-9-6-16(7-10-18)25(28)29;1-8-24(9-2)18-10-11-19-17(7)20(22(26)29-21(19)14-18)12-13-28-23(27)25(15(3)4)16(5)6;1-4-17(5-2)12-6-7-13-11(3)14(8-9-18)16(19)20-15(13)10-12;/h6-11,14H,4-5,12-13H2,1-3H3;10-11,14-16H,8-9,12-13H2,1-7H3;6-7,10,18H,4-5,8-9H2,1-3H3;1H4. The van der Waals surface area contributed by atoms with Gasteiger partial charge in [0.1, 0.15) is 22.5 Å². The maximum absolute atomic E-state index is 12.6. The van der Waals surface area contributed by atoms with E-state index in [1.54, 1.807) is 4.90 Å². The Labute approximate surface area is 480 Å². The Morgan fingerprint density at radius 1 is 0.549 bits per heavy atom. The first-order valence-corrected chi connectivity index (χ1v) is 27.8. The van der Waals surface area contributed by atoms with E-state index >= 15 is 0 Å². The maximum Gasteiger partial charge on any atom is 0.513 e. The van der Waals surface area contributed by atoms with Crippen LogP contribution in [-0.2, 0) is 28.7 Å². The van der Waals surface area contributed by atoms with E-state index in [0.29, 0.717) is 46.3 Å². The fraction of sp³-hybridized carbons (Fsp3) is 0.444. The maximum atomic E-state index is 12.6. The molecular formula is C63H83N5O14. The number of nitro groups is 1. The summed E-state index contributed by atoms with van der Waals surface area (Å²) in [5, 5.41) is 22.4. The molecular weight excluding hydrogens is 1050 g/mol. The third kappa shape index (κ3) is 16.5. The molecule has 0 radical (unpaired) electrons. The molecule has 0 aliphatic carbocycles. The number of rotatable bonds is 21. The van der Waals surface area contributed by atoms with E-state index in [4.69, 9.17) is 32.6 Å². The molecule has 0 saturated heterocycles. The van der Waals surface area contributed by atoms with E-state index in [0.717, 1.165) is 89.2 Å². The number of aryl methyl sites for hydroxylation is 3. The molecule has 1 amide bonds. The lowest BCUT2D eigenvalue weighted by molar-refractivity contribution is -0.384. The predicted molar refractivity (Wildman–Crippen MR) is 326 cm³/mol. The number of nitro benzene ring substituents is 1. The summed E-state index contributed by atoms with van der Waals surface area (Å²) in [6, 6.07) is 22.8. The van der Waals surface area contributed by atoms with Gasteiger partial charge in [0.2, 0.25) is 0 Å². The number of hydrogen-bond donors (Lipinski definition) is 1. The largest absolute Gasteiger partial charge is 0.513 e. The number of hydrogen-bond acceptors (Lipinski definition) is 17. The van der Waals surface area contributed by atoms with Crippen LogP contribution in [0.25, 0.3) is 32.9 Å². The molecule has 0 fully saturated rings. The van der Waals surface area contributed by atoms with Gasteiger partial charge in [0.15, 0.2) is 0 Å². The Morgan fingerprint density at radius 3 is 1.21 bits per heavy atom. The molecule has 3 heterocycles. The SMILES string of the molecule is C.CCN(CC)c1ccc2c(C)c(CCO)c(=O)oc2c1.CCN(CC)c1ccc2c(C)c(CCOC(=O)N(C(C)C)C(C)C)c(=O)oc2c1.CCN(CC)c1ccc2c(C)c(CCOC(=O)Oc3ccc([N+](=O)[O-])cc3)c(=O)oc2c1. The molecule has 0 aliphatic heterocycles. The fourth-order valence-electron chi connectivity index (χ4n) is 9.81. The Kier molecular flexibility index (Phi) is 25.2. The minimum absolute atomic E-state index is 0. The number of fused-ring (bicyclic) bond motifs is 3. The molecule has 0 atom stereocenters. The summed E-state index contributed by atoms with van der Waals surface area (Å²) in [7, 11) is 0. The van der Waals surface area contributed by atoms with Gasteiger partial charge in [0, 0.05) is 157 Å². The molecule has 82 heavy (non-hydrogen) atoms. The van der Waals surface area contributed by atoms with E-state index in [9.17, 15) is 34.1 Å². The quantitative estimate of drug-likeness (QED) is 0.0232. The van der Waals surface area contributed by atoms with Crippen molar-refractivity contribution in [2.45, 2.75) is 129 Å². The number of non-ortho nitro benzene ring substituents is 1. The summed E-state index contributed by atoms with van der Waals surface area (Å²) < 4.78 is 32.0. The minimum Gasteiger partial charge on any atom is -0.449 e. The first kappa shape index (κ1) is 66.3. The van der Waals surface area contributed by atoms with Crippen LogP contribution in [0.5, 0.6) is 5.75 Å². The second-order valence-electron chi connectivity index (χ2n) is 19.7. The molecule has 19 heteroatoms. The highest BCUT2D eigenvalue weighted by atomic mass is 16.7. The molecule has 0 saturated carbocycles. The number of nitrogens with zero attached hydrogens (tertiary/aromatic N) is 5. The van der Waals surface area contributed by atoms with Crippen LogP contribution in [0.15, 0.2) is 106 Å². The van der Waals surface area contributed by atoms with Crippen molar-refractivity contribution in [1.82, 2.24) is 4.90 Å². The van der Waals surface area contributed by atoms with Crippen LogP contribution < -0.4 is 36.3 Å². The lowest BCUT2D eigenvalue weighted by Gasteiger charge is -2.29. The molecule has 0 unspecified atom stereocenters. The van der Waals surface area contributed by atoms with Crippen LogP contribution in [0.2, 0.25) is 0 Å². The highest BCUT2D eigenvalue weighted by Crippen LogP contribution is 2.29. The highest BCUT2D eigenvalue weighted by Gasteiger charge is 2.23. The number of ether oxygens (including phenoxy) is 3. The molecule has 7 rings (SSSR count). The van der Waals surface area contributed by atoms with Crippen molar-refractivity contribution >= 4 is 67.9 Å². The number of aliphatic hydroxyl groups excluding tert-OH is 1.